The lowest BCUT2D eigenvalue weighted by molar-refractivity contribution is -0.159. The molecule has 0 saturated heterocycles. The minimum atomic E-state index is -2.88. The van der Waals surface area contributed by atoms with E-state index in [0.29, 0.717) is 5.56 Å². The van der Waals surface area contributed by atoms with Gasteiger partial charge < -0.3 is 10.2 Å². The lowest BCUT2D eigenvalue weighted by Gasteiger charge is -2.42. The van der Waals surface area contributed by atoms with Gasteiger partial charge in [0.1, 0.15) is 5.41 Å². The molecule has 1 aromatic rings. The van der Waals surface area contributed by atoms with Gasteiger partial charge in [0.25, 0.3) is 0 Å². The average molecular weight is 310 g/mol. The van der Waals surface area contributed by atoms with Gasteiger partial charge in [-0.15, -0.1) is 0 Å². The summed E-state index contributed by atoms with van der Waals surface area (Å²) in [5.41, 5.74) is -3.12. The molecule has 0 amide bonds. The lowest BCUT2D eigenvalue weighted by atomic mass is 9.59. The van der Waals surface area contributed by atoms with Gasteiger partial charge in [0.15, 0.2) is 0 Å². The molecule has 0 spiro atoms. The molecule has 22 heavy (non-hydrogen) atoms. The third-order valence-electron chi connectivity index (χ3n) is 4.40. The molecule has 3 atom stereocenters. The van der Waals surface area contributed by atoms with E-state index in [9.17, 15) is 28.6 Å². The van der Waals surface area contributed by atoms with Crippen LogP contribution in [0.3, 0.4) is 0 Å². The Morgan fingerprint density at radius 2 is 1.77 bits per heavy atom. The standard InChI is InChI=1S/C16H16F2O4/c1-15(13(19)20)9-16(14(21)22,8-7-11(15)12(17)18)10-5-3-2-4-6-10/h2-8,11-12H,9H2,1H3,(H,19,20)(H,21,22). The molecule has 0 bridgehead atoms. The lowest BCUT2D eigenvalue weighted by Crippen LogP contribution is -2.50. The predicted molar refractivity (Wildman–Crippen MR) is 74.7 cm³/mol. The van der Waals surface area contributed by atoms with Crippen molar-refractivity contribution in [2.24, 2.45) is 11.3 Å². The Hall–Kier alpha value is -2.24. The highest BCUT2D eigenvalue weighted by Gasteiger charge is 2.55. The fraction of sp³-hybridized carbons (Fsp3) is 0.375. The highest BCUT2D eigenvalue weighted by molar-refractivity contribution is 5.87. The number of halogens is 2. The Balaban J connectivity index is 2.62. The maximum atomic E-state index is 13.2. The van der Waals surface area contributed by atoms with Crippen LogP contribution in [0.25, 0.3) is 0 Å². The molecule has 0 heterocycles. The van der Waals surface area contributed by atoms with E-state index in [-0.39, 0.29) is 0 Å². The molecule has 0 saturated carbocycles. The van der Waals surface area contributed by atoms with Crippen molar-refractivity contribution >= 4 is 11.9 Å². The summed E-state index contributed by atoms with van der Waals surface area (Å²) in [5, 5.41) is 19.1. The fourth-order valence-electron chi connectivity index (χ4n) is 3.02. The minimum absolute atomic E-state index is 0.374. The summed E-state index contributed by atoms with van der Waals surface area (Å²) in [6, 6.07) is 8.08. The highest BCUT2D eigenvalue weighted by Crippen LogP contribution is 2.49. The first-order valence-corrected chi connectivity index (χ1v) is 6.74. The van der Waals surface area contributed by atoms with Gasteiger partial charge in [-0.1, -0.05) is 42.5 Å². The van der Waals surface area contributed by atoms with Crippen LogP contribution in [-0.4, -0.2) is 28.6 Å². The highest BCUT2D eigenvalue weighted by atomic mass is 19.3. The van der Waals surface area contributed by atoms with Crippen molar-refractivity contribution in [3.8, 4) is 0 Å². The number of hydrogen-bond donors (Lipinski definition) is 2. The normalized spacial score (nSPS) is 31.2. The van der Waals surface area contributed by atoms with E-state index in [1.54, 1.807) is 30.3 Å². The van der Waals surface area contributed by atoms with E-state index in [1.165, 1.54) is 13.0 Å². The van der Waals surface area contributed by atoms with Crippen LogP contribution < -0.4 is 0 Å². The maximum Gasteiger partial charge on any atom is 0.318 e. The molecule has 6 heteroatoms. The second-order valence-electron chi connectivity index (χ2n) is 5.76. The van der Waals surface area contributed by atoms with Gasteiger partial charge in [0, 0.05) is 0 Å². The van der Waals surface area contributed by atoms with Crippen LogP contribution in [0.1, 0.15) is 18.9 Å². The number of alkyl halides is 2. The Kier molecular flexibility index (Phi) is 4.04. The Morgan fingerprint density at radius 3 is 2.23 bits per heavy atom. The van der Waals surface area contributed by atoms with E-state index in [0.717, 1.165) is 6.08 Å². The number of allylic oxidation sites excluding steroid dienone is 1. The summed E-state index contributed by atoms with van der Waals surface area (Å²) >= 11 is 0. The number of hydrogen-bond acceptors (Lipinski definition) is 2. The van der Waals surface area contributed by atoms with Crippen LogP contribution in [0.5, 0.6) is 0 Å². The van der Waals surface area contributed by atoms with Crippen LogP contribution in [0.15, 0.2) is 42.5 Å². The van der Waals surface area contributed by atoms with E-state index in [4.69, 9.17) is 0 Å². The molecule has 0 aromatic heterocycles. The van der Waals surface area contributed by atoms with Crippen LogP contribution in [0.4, 0.5) is 8.78 Å². The van der Waals surface area contributed by atoms with Crippen molar-refractivity contribution in [3.05, 3.63) is 48.0 Å². The van der Waals surface area contributed by atoms with Crippen LogP contribution >= 0.6 is 0 Å². The van der Waals surface area contributed by atoms with Crippen LogP contribution in [0.2, 0.25) is 0 Å². The summed E-state index contributed by atoms with van der Waals surface area (Å²) < 4.78 is 26.3. The van der Waals surface area contributed by atoms with Crippen molar-refractivity contribution in [1.82, 2.24) is 0 Å². The van der Waals surface area contributed by atoms with Gasteiger partial charge in [0.2, 0.25) is 6.43 Å². The number of carboxylic acids is 2. The van der Waals surface area contributed by atoms with Crippen molar-refractivity contribution < 1.29 is 28.6 Å². The molecular formula is C16H16F2O4. The first-order valence-electron chi connectivity index (χ1n) is 6.74. The topological polar surface area (TPSA) is 74.6 Å². The van der Waals surface area contributed by atoms with Crippen molar-refractivity contribution in [3.63, 3.8) is 0 Å². The monoisotopic (exact) mass is 310 g/mol. The molecule has 0 fully saturated rings. The second kappa shape index (κ2) is 5.51. The first-order chi connectivity index (χ1) is 10.2. The Morgan fingerprint density at radius 1 is 1.18 bits per heavy atom. The van der Waals surface area contributed by atoms with E-state index < -0.39 is 41.5 Å². The predicted octanol–water partition coefficient (Wildman–Crippen LogP) is 2.94. The van der Waals surface area contributed by atoms with Gasteiger partial charge in [-0.25, -0.2) is 8.78 Å². The zero-order chi connectivity index (χ0) is 16.5. The largest absolute Gasteiger partial charge is 0.481 e. The molecule has 1 aliphatic carbocycles. The van der Waals surface area contributed by atoms with Gasteiger partial charge >= 0.3 is 11.9 Å². The number of aliphatic carboxylic acids is 2. The molecule has 1 aromatic carbocycles. The summed E-state index contributed by atoms with van der Waals surface area (Å²) in [5.74, 6) is -4.21. The second-order valence-corrected chi connectivity index (χ2v) is 5.76. The summed E-state index contributed by atoms with van der Waals surface area (Å²) in [6.07, 6.45) is -1.07. The molecule has 3 unspecified atom stereocenters. The quantitative estimate of drug-likeness (QED) is 0.839. The smallest absolute Gasteiger partial charge is 0.318 e. The maximum absolute atomic E-state index is 13.2. The first kappa shape index (κ1) is 16.1. The Bertz CT molecular complexity index is 614. The zero-order valence-electron chi connectivity index (χ0n) is 11.9. The van der Waals surface area contributed by atoms with Gasteiger partial charge in [-0.2, -0.15) is 0 Å². The number of carbonyl (C=O) groups is 2. The molecular weight excluding hydrogens is 294 g/mol. The van der Waals surface area contributed by atoms with Crippen molar-refractivity contribution in [2.75, 3.05) is 0 Å². The fourth-order valence-corrected chi connectivity index (χ4v) is 3.02. The van der Waals surface area contributed by atoms with Crippen molar-refractivity contribution in [1.29, 1.82) is 0 Å². The molecule has 118 valence electrons. The average Bonchev–Trinajstić information content (AvgIpc) is 2.47. The van der Waals surface area contributed by atoms with E-state index in [2.05, 4.69) is 0 Å². The SMILES string of the molecule is CC1(C(=O)O)CC(C(=O)O)(c2ccccc2)C=CC1C(F)F. The van der Waals surface area contributed by atoms with E-state index in [1.807, 2.05) is 0 Å². The molecule has 2 N–H and O–H groups in total. The summed E-state index contributed by atoms with van der Waals surface area (Å²) in [4.78, 5) is 23.4. The van der Waals surface area contributed by atoms with Crippen LogP contribution in [0, 0.1) is 11.3 Å². The number of carboxylic acid groups (broad SMARTS) is 2. The van der Waals surface area contributed by atoms with Gasteiger partial charge in [0.05, 0.1) is 11.3 Å². The Labute approximate surface area is 126 Å². The molecule has 2 rings (SSSR count). The minimum Gasteiger partial charge on any atom is -0.481 e. The number of benzene rings is 1. The zero-order valence-corrected chi connectivity index (χ0v) is 11.9. The van der Waals surface area contributed by atoms with Crippen molar-refractivity contribution in [2.45, 2.75) is 25.2 Å². The van der Waals surface area contributed by atoms with Gasteiger partial charge in [-0.05, 0) is 18.9 Å². The van der Waals surface area contributed by atoms with Gasteiger partial charge in [-0.3, -0.25) is 9.59 Å². The molecule has 4 nitrogen and oxygen atoms in total. The summed E-state index contributed by atoms with van der Waals surface area (Å²) in [7, 11) is 0. The summed E-state index contributed by atoms with van der Waals surface area (Å²) in [6.45, 7) is 1.18. The molecule has 1 aliphatic rings. The third-order valence-corrected chi connectivity index (χ3v) is 4.40. The number of rotatable bonds is 4. The van der Waals surface area contributed by atoms with Crippen LogP contribution in [-0.2, 0) is 15.0 Å². The third kappa shape index (κ3) is 2.38. The molecule has 0 aliphatic heterocycles. The van der Waals surface area contributed by atoms with E-state index >= 15 is 0 Å². The molecule has 0 radical (unpaired) electrons.